The Hall–Kier alpha value is -3.62. The van der Waals surface area contributed by atoms with Crippen molar-refractivity contribution in [3.05, 3.63) is 57.4 Å². The number of imidazole rings is 2. The van der Waals surface area contributed by atoms with Crippen molar-refractivity contribution in [1.82, 2.24) is 23.1 Å². The highest BCUT2D eigenvalue weighted by Gasteiger charge is 2.21. The number of aliphatic carboxylic acids is 1. The van der Waals surface area contributed by atoms with Gasteiger partial charge < -0.3 is 5.11 Å². The molecule has 4 rings (SSSR count). The van der Waals surface area contributed by atoms with Gasteiger partial charge in [0.2, 0.25) is 5.78 Å². The van der Waals surface area contributed by atoms with E-state index < -0.39 is 17.2 Å². The van der Waals surface area contributed by atoms with Crippen molar-refractivity contribution in [3.63, 3.8) is 0 Å². The van der Waals surface area contributed by atoms with Gasteiger partial charge in [-0.05, 0) is 5.56 Å². The van der Waals surface area contributed by atoms with Crippen LogP contribution < -0.4 is 11.2 Å². The van der Waals surface area contributed by atoms with Crippen molar-refractivity contribution >= 4 is 22.9 Å². The topological polar surface area (TPSA) is 104 Å². The van der Waals surface area contributed by atoms with Gasteiger partial charge in [-0.2, -0.15) is 4.98 Å². The van der Waals surface area contributed by atoms with E-state index >= 15 is 0 Å². The second kappa shape index (κ2) is 5.45. The summed E-state index contributed by atoms with van der Waals surface area (Å²) >= 11 is 0. The average Bonchev–Trinajstić information content (AvgIpc) is 3.16. The number of benzene rings is 1. The second-order valence-electron chi connectivity index (χ2n) is 6.02. The molecule has 1 aromatic carbocycles. The van der Waals surface area contributed by atoms with Gasteiger partial charge in [0.1, 0.15) is 6.54 Å². The minimum Gasteiger partial charge on any atom is -0.480 e. The van der Waals surface area contributed by atoms with E-state index in [0.29, 0.717) is 11.5 Å². The summed E-state index contributed by atoms with van der Waals surface area (Å²) in [7, 11) is 2.92. The summed E-state index contributed by atoms with van der Waals surface area (Å²) in [6.45, 7) is -0.321. The Balaban J connectivity index is 2.17. The minimum absolute atomic E-state index is 0.215. The maximum Gasteiger partial charge on any atom is 0.332 e. The SMILES string of the molecule is Cn1c(=O)c2c(nc3n(CC(=O)O)c(-c4ccccc4)cn23)n(C)c1=O. The second-order valence-corrected chi connectivity index (χ2v) is 6.02. The number of rotatable bonds is 3. The maximum absolute atomic E-state index is 12.6. The number of aromatic nitrogens is 5. The predicted molar refractivity (Wildman–Crippen MR) is 94.2 cm³/mol. The van der Waals surface area contributed by atoms with Gasteiger partial charge in [0.05, 0.1) is 5.69 Å². The molecule has 0 saturated heterocycles. The standard InChI is InChI=1S/C17H15N5O4/c1-19-14-13(15(25)20(2)17(19)26)22-8-11(10-6-4-3-5-7-10)21(9-12(23)24)16(22)18-14/h3-8H,9H2,1-2H3,(H,23,24). The van der Waals surface area contributed by atoms with Crippen LogP contribution in [0.1, 0.15) is 0 Å². The van der Waals surface area contributed by atoms with Crippen LogP contribution in [0.3, 0.4) is 0 Å². The molecule has 0 amide bonds. The van der Waals surface area contributed by atoms with Gasteiger partial charge in [-0.25, -0.2) is 4.79 Å². The third-order valence-corrected chi connectivity index (χ3v) is 4.42. The Morgan fingerprint density at radius 2 is 1.81 bits per heavy atom. The fourth-order valence-corrected chi connectivity index (χ4v) is 3.15. The van der Waals surface area contributed by atoms with E-state index in [4.69, 9.17) is 0 Å². The molecule has 3 aromatic heterocycles. The molecule has 26 heavy (non-hydrogen) atoms. The highest BCUT2D eigenvalue weighted by molar-refractivity contribution is 5.79. The van der Waals surface area contributed by atoms with E-state index in [0.717, 1.165) is 10.1 Å². The van der Waals surface area contributed by atoms with Crippen LogP contribution in [-0.2, 0) is 25.4 Å². The Morgan fingerprint density at radius 3 is 2.46 bits per heavy atom. The Morgan fingerprint density at radius 1 is 1.12 bits per heavy atom. The van der Waals surface area contributed by atoms with E-state index in [2.05, 4.69) is 4.98 Å². The van der Waals surface area contributed by atoms with E-state index in [9.17, 15) is 19.5 Å². The lowest BCUT2D eigenvalue weighted by molar-refractivity contribution is -0.137. The molecule has 0 aliphatic carbocycles. The molecule has 0 unspecified atom stereocenters. The van der Waals surface area contributed by atoms with Crippen LogP contribution in [0.25, 0.3) is 28.2 Å². The molecule has 9 heteroatoms. The molecule has 0 bridgehead atoms. The number of fused-ring (bicyclic) bond motifs is 3. The molecule has 132 valence electrons. The molecule has 0 spiro atoms. The molecular formula is C17H15N5O4. The molecule has 0 aliphatic rings. The normalized spacial score (nSPS) is 11.5. The average molecular weight is 353 g/mol. The molecule has 0 atom stereocenters. The van der Waals surface area contributed by atoms with Crippen molar-refractivity contribution in [2.45, 2.75) is 6.54 Å². The van der Waals surface area contributed by atoms with Gasteiger partial charge in [0.25, 0.3) is 5.56 Å². The van der Waals surface area contributed by atoms with Crippen molar-refractivity contribution in [1.29, 1.82) is 0 Å². The molecule has 0 aliphatic heterocycles. The van der Waals surface area contributed by atoms with Gasteiger partial charge in [-0.15, -0.1) is 0 Å². The van der Waals surface area contributed by atoms with E-state index in [1.165, 1.54) is 23.2 Å². The molecule has 9 nitrogen and oxygen atoms in total. The van der Waals surface area contributed by atoms with Crippen LogP contribution in [0.4, 0.5) is 0 Å². The number of hydrogen-bond acceptors (Lipinski definition) is 4. The van der Waals surface area contributed by atoms with Crippen LogP contribution in [0, 0.1) is 0 Å². The van der Waals surface area contributed by atoms with Crippen LogP contribution in [0.5, 0.6) is 0 Å². The first-order valence-corrected chi connectivity index (χ1v) is 7.84. The molecule has 0 saturated carbocycles. The summed E-state index contributed by atoms with van der Waals surface area (Å²) in [5, 5.41) is 9.31. The van der Waals surface area contributed by atoms with E-state index in [-0.39, 0.29) is 17.7 Å². The Bertz CT molecular complexity index is 1290. The zero-order chi connectivity index (χ0) is 18.6. The largest absolute Gasteiger partial charge is 0.480 e. The summed E-state index contributed by atoms with van der Waals surface area (Å²) < 4.78 is 5.34. The van der Waals surface area contributed by atoms with Crippen LogP contribution >= 0.6 is 0 Å². The summed E-state index contributed by atoms with van der Waals surface area (Å²) in [4.78, 5) is 40.5. The zero-order valence-electron chi connectivity index (χ0n) is 14.1. The first-order valence-electron chi connectivity index (χ1n) is 7.84. The summed E-state index contributed by atoms with van der Waals surface area (Å²) in [5.74, 6) is -0.742. The number of carbonyl (C=O) groups is 1. The van der Waals surface area contributed by atoms with Crippen molar-refractivity contribution in [2.75, 3.05) is 0 Å². The number of carboxylic acid groups (broad SMARTS) is 1. The van der Waals surface area contributed by atoms with Crippen molar-refractivity contribution in [2.24, 2.45) is 14.1 Å². The van der Waals surface area contributed by atoms with Crippen molar-refractivity contribution < 1.29 is 9.90 Å². The van der Waals surface area contributed by atoms with Gasteiger partial charge in [-0.1, -0.05) is 30.3 Å². The third kappa shape index (κ3) is 2.10. The number of nitrogens with zero attached hydrogens (tertiary/aromatic N) is 5. The number of hydrogen-bond donors (Lipinski definition) is 1. The van der Waals surface area contributed by atoms with Gasteiger partial charge in [-0.3, -0.25) is 27.7 Å². The van der Waals surface area contributed by atoms with Crippen molar-refractivity contribution in [3.8, 4) is 11.3 Å². The number of aryl methyl sites for hydroxylation is 1. The van der Waals surface area contributed by atoms with E-state index in [1.54, 1.807) is 10.6 Å². The molecule has 0 radical (unpaired) electrons. The summed E-state index contributed by atoms with van der Waals surface area (Å²) in [6.07, 6.45) is 1.68. The van der Waals surface area contributed by atoms with Crippen LogP contribution in [0.2, 0.25) is 0 Å². The maximum atomic E-state index is 12.6. The van der Waals surface area contributed by atoms with Gasteiger partial charge in [0.15, 0.2) is 11.2 Å². The lowest BCUT2D eigenvalue weighted by Gasteiger charge is -2.06. The molecule has 4 aromatic rings. The fourth-order valence-electron chi connectivity index (χ4n) is 3.15. The predicted octanol–water partition coefficient (Wildman–Crippen LogP) is 0.438. The Labute approximate surface area is 146 Å². The monoisotopic (exact) mass is 353 g/mol. The Kier molecular flexibility index (Phi) is 3.33. The number of carboxylic acids is 1. The minimum atomic E-state index is -1.03. The lowest BCUT2D eigenvalue weighted by Crippen LogP contribution is -2.37. The van der Waals surface area contributed by atoms with Gasteiger partial charge >= 0.3 is 11.7 Å². The molecule has 3 heterocycles. The first-order chi connectivity index (χ1) is 12.4. The molecule has 1 N–H and O–H groups in total. The first kappa shape index (κ1) is 15.9. The zero-order valence-corrected chi connectivity index (χ0v) is 14.1. The third-order valence-electron chi connectivity index (χ3n) is 4.42. The fraction of sp³-hybridized carbons (Fsp3) is 0.176. The highest BCUT2D eigenvalue weighted by Crippen LogP contribution is 2.25. The van der Waals surface area contributed by atoms with Gasteiger partial charge in [0, 0.05) is 20.3 Å². The smallest absolute Gasteiger partial charge is 0.332 e. The van der Waals surface area contributed by atoms with Crippen LogP contribution in [-0.4, -0.2) is 34.2 Å². The highest BCUT2D eigenvalue weighted by atomic mass is 16.4. The van der Waals surface area contributed by atoms with E-state index in [1.807, 2.05) is 30.3 Å². The molecular weight excluding hydrogens is 338 g/mol. The quantitative estimate of drug-likeness (QED) is 0.575. The summed E-state index contributed by atoms with van der Waals surface area (Å²) in [5.41, 5.74) is 0.888. The van der Waals surface area contributed by atoms with Crippen LogP contribution in [0.15, 0.2) is 46.1 Å². The molecule has 0 fully saturated rings. The lowest BCUT2D eigenvalue weighted by atomic mass is 10.2. The summed E-state index contributed by atoms with van der Waals surface area (Å²) in [6, 6.07) is 9.25.